The average Bonchev–Trinajstić information content (AvgIpc) is 2.41. The number of nitrogens with zero attached hydrogens (tertiary/aromatic N) is 2. The predicted molar refractivity (Wildman–Crippen MR) is 74.5 cm³/mol. The van der Waals surface area contributed by atoms with Crippen molar-refractivity contribution in [3.63, 3.8) is 0 Å². The molecule has 2 rings (SSSR count). The van der Waals surface area contributed by atoms with Gasteiger partial charge in [0.05, 0.1) is 12.1 Å². The Labute approximate surface area is 139 Å². The maximum atomic E-state index is 8.27. The van der Waals surface area contributed by atoms with Crippen LogP contribution >= 0.6 is 24.8 Å². The monoisotopic (exact) mass is 382 g/mol. The van der Waals surface area contributed by atoms with E-state index in [1.165, 1.54) is 0 Å². The molecule has 0 bridgehead atoms. The van der Waals surface area contributed by atoms with Crippen molar-refractivity contribution < 1.29 is 20.4 Å². The van der Waals surface area contributed by atoms with Crippen LogP contribution in [0.25, 0.3) is 0 Å². The van der Waals surface area contributed by atoms with Crippen molar-refractivity contribution in [2.75, 3.05) is 0 Å². The fourth-order valence-corrected chi connectivity index (χ4v) is 0.923. The number of nitriles is 2. The number of halogens is 2. The normalized spacial score (nSPS) is 6.63. The van der Waals surface area contributed by atoms with Gasteiger partial charge in [0.15, 0.2) is 0 Å². The Balaban J connectivity index is -0.000000233. The van der Waals surface area contributed by atoms with E-state index >= 15 is 0 Å². The van der Waals surface area contributed by atoms with E-state index in [4.69, 9.17) is 10.5 Å². The van der Waals surface area contributed by atoms with Gasteiger partial charge in [0.25, 0.3) is 0 Å². The van der Waals surface area contributed by atoms with E-state index in [0.29, 0.717) is 11.1 Å². The van der Waals surface area contributed by atoms with E-state index in [1.807, 2.05) is 12.1 Å². The van der Waals surface area contributed by atoms with Gasteiger partial charge < -0.3 is 0 Å². The molecular formula is C14H10Cl2N2Pd. The minimum Gasteiger partial charge on any atom is -0.195 e. The summed E-state index contributed by atoms with van der Waals surface area (Å²) in [6, 6.07) is 23.4. The summed E-state index contributed by atoms with van der Waals surface area (Å²) in [7, 11) is 0. The number of hydrogen-bond acceptors (Lipinski definition) is 2. The van der Waals surface area contributed by atoms with E-state index in [1.54, 1.807) is 48.5 Å². The van der Waals surface area contributed by atoms with E-state index in [9.17, 15) is 0 Å². The van der Waals surface area contributed by atoms with Crippen LogP contribution in [0.15, 0.2) is 48.5 Å². The van der Waals surface area contributed by atoms with E-state index in [-0.39, 0.29) is 45.2 Å². The third-order valence-corrected chi connectivity index (χ3v) is 1.69. The molecule has 2 nitrogen and oxygen atoms in total. The minimum absolute atomic E-state index is 0. The molecule has 5 heteroatoms. The zero-order valence-electron chi connectivity index (χ0n) is 9.65. The fraction of sp³-hybridized carbons (Fsp3) is 0. The zero-order valence-corrected chi connectivity index (χ0v) is 12.8. The molecule has 2 aromatic carbocycles. The molecule has 0 aromatic heterocycles. The maximum absolute atomic E-state index is 8.27. The standard InChI is InChI=1S/2C7H4N.2ClH.Pd/c2*8-6-7-4-2-1-3-5-7;;;/h2*2-5H;2*1H;/q2*-1;;;+2. The largest absolute Gasteiger partial charge is 2.00 e. The van der Waals surface area contributed by atoms with Crippen molar-refractivity contribution in [3.8, 4) is 12.1 Å². The van der Waals surface area contributed by atoms with Gasteiger partial charge in [-0.25, -0.2) is 0 Å². The molecule has 2 aromatic rings. The Kier molecular flexibility index (Phi) is 17.7. The molecule has 0 heterocycles. The summed E-state index contributed by atoms with van der Waals surface area (Å²) < 4.78 is 0. The van der Waals surface area contributed by atoms with Gasteiger partial charge in [-0.1, -0.05) is 11.1 Å². The molecule has 0 saturated heterocycles. The van der Waals surface area contributed by atoms with Crippen LogP contribution in [-0.2, 0) is 20.4 Å². The van der Waals surface area contributed by atoms with Gasteiger partial charge in [-0.05, 0) is 0 Å². The molecule has 100 valence electrons. The molecule has 0 aliphatic carbocycles. The molecule has 0 aliphatic rings. The van der Waals surface area contributed by atoms with Gasteiger partial charge in [-0.3, -0.25) is 0 Å². The van der Waals surface area contributed by atoms with Gasteiger partial charge in [-0.15, -0.1) is 24.8 Å². The van der Waals surface area contributed by atoms with Crippen molar-refractivity contribution in [2.45, 2.75) is 0 Å². The average molecular weight is 384 g/mol. The fourth-order valence-electron chi connectivity index (χ4n) is 0.923. The van der Waals surface area contributed by atoms with Crippen LogP contribution in [0.4, 0.5) is 0 Å². The van der Waals surface area contributed by atoms with Crippen molar-refractivity contribution in [2.24, 2.45) is 0 Å². The van der Waals surface area contributed by atoms with E-state index in [0.717, 1.165) is 0 Å². The summed E-state index contributed by atoms with van der Waals surface area (Å²) in [5.74, 6) is 0. The summed E-state index contributed by atoms with van der Waals surface area (Å²) in [5, 5.41) is 16.5. The van der Waals surface area contributed by atoms with Crippen LogP contribution in [0.3, 0.4) is 0 Å². The molecular weight excluding hydrogens is 373 g/mol. The Morgan fingerprint density at radius 2 is 0.947 bits per heavy atom. The second-order valence-electron chi connectivity index (χ2n) is 2.80. The predicted octanol–water partition coefficient (Wildman–Crippen LogP) is 3.56. The summed E-state index contributed by atoms with van der Waals surface area (Å²) in [5.41, 5.74) is 1.37. The van der Waals surface area contributed by atoms with Crippen molar-refractivity contribution in [1.82, 2.24) is 0 Å². The smallest absolute Gasteiger partial charge is 0.195 e. The third-order valence-electron chi connectivity index (χ3n) is 1.69. The number of benzene rings is 2. The van der Waals surface area contributed by atoms with E-state index in [2.05, 4.69) is 12.1 Å². The zero-order chi connectivity index (χ0) is 11.6. The molecule has 0 N–H and O–H groups in total. The maximum Gasteiger partial charge on any atom is 2.00 e. The van der Waals surface area contributed by atoms with Crippen LogP contribution in [0.1, 0.15) is 11.1 Å². The number of hydrogen-bond donors (Lipinski definition) is 0. The molecule has 0 atom stereocenters. The first-order valence-electron chi connectivity index (χ1n) is 4.59. The summed E-state index contributed by atoms with van der Waals surface area (Å²) in [4.78, 5) is 0. The molecule has 0 amide bonds. The molecule has 19 heavy (non-hydrogen) atoms. The van der Waals surface area contributed by atoms with Gasteiger partial charge in [0, 0.05) is 0 Å². The van der Waals surface area contributed by atoms with E-state index < -0.39 is 0 Å². The Hall–Kier alpha value is -1.34. The summed E-state index contributed by atoms with van der Waals surface area (Å²) in [6.45, 7) is 0. The quantitative estimate of drug-likeness (QED) is 0.516. The Bertz CT molecular complexity index is 455. The van der Waals surface area contributed by atoms with Crippen molar-refractivity contribution in [1.29, 1.82) is 10.5 Å². The van der Waals surface area contributed by atoms with Crippen molar-refractivity contribution >= 4 is 24.8 Å². The SMILES string of the molecule is Cl.Cl.N#Cc1cc[c-]cc1.N#Cc1cc[c-]cc1.[Pd+2]. The minimum atomic E-state index is 0. The number of rotatable bonds is 0. The topological polar surface area (TPSA) is 47.6 Å². The Morgan fingerprint density at radius 1 is 0.684 bits per heavy atom. The first kappa shape index (κ1) is 22.8. The molecule has 0 unspecified atom stereocenters. The third kappa shape index (κ3) is 10.3. The van der Waals surface area contributed by atoms with Gasteiger partial charge in [-0.2, -0.15) is 71.2 Å². The summed E-state index contributed by atoms with van der Waals surface area (Å²) >= 11 is 0. The molecule has 0 fully saturated rings. The first-order valence-corrected chi connectivity index (χ1v) is 4.59. The molecule has 0 aliphatic heterocycles. The second kappa shape index (κ2) is 14.7. The van der Waals surface area contributed by atoms with Crippen LogP contribution in [0.2, 0.25) is 0 Å². The molecule has 0 radical (unpaired) electrons. The van der Waals surface area contributed by atoms with Gasteiger partial charge >= 0.3 is 20.4 Å². The van der Waals surface area contributed by atoms with Crippen LogP contribution in [0.5, 0.6) is 0 Å². The van der Waals surface area contributed by atoms with Crippen LogP contribution in [-0.4, -0.2) is 0 Å². The molecule has 0 spiro atoms. The van der Waals surface area contributed by atoms with Crippen LogP contribution in [0, 0.1) is 34.8 Å². The van der Waals surface area contributed by atoms with Crippen LogP contribution < -0.4 is 0 Å². The second-order valence-corrected chi connectivity index (χ2v) is 2.80. The molecule has 0 saturated carbocycles. The summed E-state index contributed by atoms with van der Waals surface area (Å²) in [6.07, 6.45) is 0. The first-order chi connectivity index (χ1) is 7.86. The van der Waals surface area contributed by atoms with Gasteiger partial charge in [0.1, 0.15) is 0 Å². The van der Waals surface area contributed by atoms with Crippen molar-refractivity contribution in [3.05, 3.63) is 71.8 Å². The Morgan fingerprint density at radius 3 is 1.11 bits per heavy atom. The van der Waals surface area contributed by atoms with Gasteiger partial charge in [0.2, 0.25) is 0 Å².